The third kappa shape index (κ3) is 11.0. The summed E-state index contributed by atoms with van der Waals surface area (Å²) in [5.41, 5.74) is 3.16. The van der Waals surface area contributed by atoms with Gasteiger partial charge in [0.1, 0.15) is 5.75 Å². The smallest absolute Gasteiger partial charge is 0.311 e. The topological polar surface area (TPSA) is 80.1 Å². The summed E-state index contributed by atoms with van der Waals surface area (Å²) in [6.45, 7) is 7.03. The van der Waals surface area contributed by atoms with Crippen LogP contribution in [0.3, 0.4) is 0 Å². The van der Waals surface area contributed by atoms with E-state index in [9.17, 15) is 10.1 Å². The van der Waals surface area contributed by atoms with Crippen LogP contribution in [-0.4, -0.2) is 31.9 Å². The quantitative estimate of drug-likeness (QED) is 0.0632. The van der Waals surface area contributed by atoms with Gasteiger partial charge in [-0.2, -0.15) is 0 Å². The standard InChI is InChI=1S/C38H53NO6/c1-6-8-10-12-13-14-15-19-25-44-35-24-23-30(26-38(35)43-5)31-21-17-18-22-32(31)33-27-34(39(40)41)37(28-36(33)42-4)45-29(3)20-16-11-9-7-2/h17-18,21-24,26-29H,6-16,19-20,25H2,1-5H3/t29-/m1/s1. The lowest BCUT2D eigenvalue weighted by Crippen LogP contribution is -2.13. The summed E-state index contributed by atoms with van der Waals surface area (Å²) in [6, 6.07) is 16.9. The molecule has 0 aliphatic carbocycles. The molecular weight excluding hydrogens is 566 g/mol. The van der Waals surface area contributed by atoms with Crippen molar-refractivity contribution in [3.63, 3.8) is 0 Å². The number of nitrogens with zero attached hydrogens (tertiary/aromatic N) is 1. The Kier molecular flexibility index (Phi) is 15.6. The van der Waals surface area contributed by atoms with E-state index in [0.717, 1.165) is 55.2 Å². The van der Waals surface area contributed by atoms with Crippen LogP contribution in [-0.2, 0) is 0 Å². The molecule has 0 aromatic heterocycles. The maximum absolute atomic E-state index is 12.2. The van der Waals surface area contributed by atoms with Crippen LogP contribution in [0.2, 0.25) is 0 Å². The number of ether oxygens (including phenoxy) is 4. The first kappa shape index (κ1) is 35.7. The molecule has 0 aliphatic rings. The normalized spacial score (nSPS) is 11.7. The summed E-state index contributed by atoms with van der Waals surface area (Å²) in [5, 5.41) is 12.2. The van der Waals surface area contributed by atoms with E-state index in [4.69, 9.17) is 18.9 Å². The first-order valence-electron chi connectivity index (χ1n) is 16.9. The molecule has 0 aliphatic heterocycles. The van der Waals surface area contributed by atoms with Crippen molar-refractivity contribution in [2.45, 2.75) is 110 Å². The number of rotatable bonds is 22. The van der Waals surface area contributed by atoms with Crippen LogP contribution in [0, 0.1) is 10.1 Å². The summed E-state index contributed by atoms with van der Waals surface area (Å²) < 4.78 is 23.7. The van der Waals surface area contributed by atoms with E-state index in [-0.39, 0.29) is 22.5 Å². The van der Waals surface area contributed by atoms with Crippen LogP contribution in [0.4, 0.5) is 5.69 Å². The molecule has 7 heteroatoms. The molecule has 246 valence electrons. The van der Waals surface area contributed by atoms with Gasteiger partial charge in [0.15, 0.2) is 11.5 Å². The highest BCUT2D eigenvalue weighted by Gasteiger charge is 2.24. The van der Waals surface area contributed by atoms with E-state index in [0.29, 0.717) is 29.4 Å². The Morgan fingerprint density at radius 2 is 1.29 bits per heavy atom. The SMILES string of the molecule is CCCCCCCCCCOc1ccc(-c2ccccc2-c2cc([N+](=O)[O-])c(O[C@H](C)CCCCCC)cc2OC)cc1OC. The van der Waals surface area contributed by atoms with Gasteiger partial charge >= 0.3 is 5.69 Å². The Balaban J connectivity index is 1.80. The maximum atomic E-state index is 12.2. The number of nitro benzene ring substituents is 1. The molecule has 0 unspecified atom stereocenters. The van der Waals surface area contributed by atoms with Crippen molar-refractivity contribution in [1.82, 2.24) is 0 Å². The van der Waals surface area contributed by atoms with E-state index in [1.165, 1.54) is 44.9 Å². The Bertz CT molecular complexity index is 1320. The molecule has 0 spiro atoms. The van der Waals surface area contributed by atoms with Crippen molar-refractivity contribution in [3.05, 3.63) is 64.7 Å². The Hall–Kier alpha value is -3.74. The minimum atomic E-state index is -0.383. The maximum Gasteiger partial charge on any atom is 0.311 e. The minimum absolute atomic E-state index is 0.0803. The van der Waals surface area contributed by atoms with Crippen molar-refractivity contribution >= 4 is 5.69 Å². The van der Waals surface area contributed by atoms with Gasteiger partial charge in [0, 0.05) is 17.7 Å². The predicted octanol–water partition coefficient (Wildman–Crippen LogP) is 11.2. The third-order valence-corrected chi connectivity index (χ3v) is 8.22. The second-order valence-electron chi connectivity index (χ2n) is 11.8. The van der Waals surface area contributed by atoms with Gasteiger partial charge in [-0.1, -0.05) is 108 Å². The van der Waals surface area contributed by atoms with Crippen molar-refractivity contribution in [1.29, 1.82) is 0 Å². The van der Waals surface area contributed by atoms with E-state index in [1.54, 1.807) is 26.4 Å². The van der Waals surface area contributed by atoms with Gasteiger partial charge in [-0.3, -0.25) is 10.1 Å². The number of hydrogen-bond donors (Lipinski definition) is 0. The zero-order chi connectivity index (χ0) is 32.4. The number of methoxy groups -OCH3 is 2. The van der Waals surface area contributed by atoms with Crippen molar-refractivity contribution < 1.29 is 23.9 Å². The van der Waals surface area contributed by atoms with Gasteiger partial charge < -0.3 is 18.9 Å². The average molecular weight is 620 g/mol. The molecule has 45 heavy (non-hydrogen) atoms. The van der Waals surface area contributed by atoms with Gasteiger partial charge in [0.2, 0.25) is 5.75 Å². The molecule has 0 heterocycles. The van der Waals surface area contributed by atoms with E-state index >= 15 is 0 Å². The number of benzene rings is 3. The van der Waals surface area contributed by atoms with Crippen LogP contribution in [0.1, 0.15) is 104 Å². The van der Waals surface area contributed by atoms with Crippen LogP contribution in [0.5, 0.6) is 23.0 Å². The summed E-state index contributed by atoms with van der Waals surface area (Å²) in [7, 11) is 3.22. The van der Waals surface area contributed by atoms with E-state index < -0.39 is 0 Å². The average Bonchev–Trinajstić information content (AvgIpc) is 3.05. The second-order valence-corrected chi connectivity index (χ2v) is 11.8. The predicted molar refractivity (Wildman–Crippen MR) is 184 cm³/mol. The van der Waals surface area contributed by atoms with Crippen LogP contribution >= 0.6 is 0 Å². The molecule has 0 saturated carbocycles. The fraction of sp³-hybridized carbons (Fsp3) is 0.526. The highest BCUT2D eigenvalue weighted by atomic mass is 16.6. The number of hydrogen-bond acceptors (Lipinski definition) is 6. The van der Waals surface area contributed by atoms with Crippen molar-refractivity contribution in [3.8, 4) is 45.3 Å². The Morgan fingerprint density at radius 1 is 0.667 bits per heavy atom. The molecule has 3 aromatic carbocycles. The fourth-order valence-electron chi connectivity index (χ4n) is 5.64. The molecular formula is C38H53NO6. The largest absolute Gasteiger partial charge is 0.496 e. The van der Waals surface area contributed by atoms with Gasteiger partial charge in [-0.25, -0.2) is 0 Å². The molecule has 0 N–H and O–H groups in total. The molecule has 0 fully saturated rings. The van der Waals surface area contributed by atoms with Gasteiger partial charge in [0.05, 0.1) is 31.9 Å². The monoisotopic (exact) mass is 619 g/mol. The molecule has 3 rings (SSSR count). The summed E-state index contributed by atoms with van der Waals surface area (Å²) >= 11 is 0. The van der Waals surface area contributed by atoms with Crippen LogP contribution in [0.15, 0.2) is 54.6 Å². The first-order chi connectivity index (χ1) is 21.9. The highest BCUT2D eigenvalue weighted by Crippen LogP contribution is 2.44. The lowest BCUT2D eigenvalue weighted by molar-refractivity contribution is -0.386. The summed E-state index contributed by atoms with van der Waals surface area (Å²) in [6.07, 6.45) is 15.1. The van der Waals surface area contributed by atoms with Gasteiger partial charge in [-0.05, 0) is 55.0 Å². The number of unbranched alkanes of at least 4 members (excludes halogenated alkanes) is 10. The molecule has 0 saturated heterocycles. The first-order valence-corrected chi connectivity index (χ1v) is 16.9. The molecule has 0 radical (unpaired) electrons. The van der Waals surface area contributed by atoms with E-state index in [1.807, 2.05) is 49.4 Å². The van der Waals surface area contributed by atoms with Crippen molar-refractivity contribution in [2.24, 2.45) is 0 Å². The molecule has 0 bridgehead atoms. The molecule has 0 amide bonds. The Labute approximate surface area is 270 Å². The summed E-state index contributed by atoms with van der Waals surface area (Å²) in [5.74, 6) is 2.09. The second kappa shape index (κ2) is 19.6. The molecule has 1 atom stereocenters. The Morgan fingerprint density at radius 3 is 1.93 bits per heavy atom. The zero-order valence-corrected chi connectivity index (χ0v) is 28.1. The van der Waals surface area contributed by atoms with Crippen molar-refractivity contribution in [2.75, 3.05) is 20.8 Å². The third-order valence-electron chi connectivity index (χ3n) is 8.22. The van der Waals surface area contributed by atoms with Gasteiger partial charge in [0.25, 0.3) is 0 Å². The summed E-state index contributed by atoms with van der Waals surface area (Å²) in [4.78, 5) is 11.8. The van der Waals surface area contributed by atoms with Gasteiger partial charge in [-0.15, -0.1) is 0 Å². The highest BCUT2D eigenvalue weighted by molar-refractivity contribution is 5.88. The zero-order valence-electron chi connectivity index (χ0n) is 28.1. The van der Waals surface area contributed by atoms with E-state index in [2.05, 4.69) is 13.8 Å². The lowest BCUT2D eigenvalue weighted by atomic mass is 9.93. The fourth-order valence-corrected chi connectivity index (χ4v) is 5.64. The number of nitro groups is 1. The lowest BCUT2D eigenvalue weighted by Gasteiger charge is -2.18. The molecule has 7 nitrogen and oxygen atoms in total. The van der Waals surface area contributed by atoms with Crippen LogP contribution in [0.25, 0.3) is 22.3 Å². The van der Waals surface area contributed by atoms with Crippen LogP contribution < -0.4 is 18.9 Å². The molecule has 3 aromatic rings. The minimum Gasteiger partial charge on any atom is -0.496 e.